The van der Waals surface area contributed by atoms with Gasteiger partial charge in [-0.1, -0.05) is 12.1 Å². The van der Waals surface area contributed by atoms with Crippen molar-refractivity contribution in [3.8, 4) is 5.75 Å². The van der Waals surface area contributed by atoms with Crippen LogP contribution >= 0.6 is 0 Å². The van der Waals surface area contributed by atoms with Crippen LogP contribution in [0.5, 0.6) is 5.75 Å². The predicted octanol–water partition coefficient (Wildman–Crippen LogP) is 0.603. The SMILES string of the molecule is NCc1ccc(OC(N)=O)cc1. The lowest BCUT2D eigenvalue weighted by Crippen LogP contribution is -2.16. The first-order valence-electron chi connectivity index (χ1n) is 3.48. The number of primary amides is 1. The maximum Gasteiger partial charge on any atom is 0.409 e. The highest BCUT2D eigenvalue weighted by Crippen LogP contribution is 2.11. The van der Waals surface area contributed by atoms with Crippen molar-refractivity contribution in [3.63, 3.8) is 0 Å². The third-order valence-electron chi connectivity index (χ3n) is 1.38. The summed E-state index contributed by atoms with van der Waals surface area (Å²) < 4.78 is 4.61. The molecule has 0 bridgehead atoms. The van der Waals surface area contributed by atoms with Gasteiger partial charge in [0.2, 0.25) is 0 Å². The molecule has 4 nitrogen and oxygen atoms in total. The number of nitrogens with two attached hydrogens (primary N) is 2. The van der Waals surface area contributed by atoms with E-state index in [4.69, 9.17) is 11.5 Å². The zero-order chi connectivity index (χ0) is 8.97. The van der Waals surface area contributed by atoms with Gasteiger partial charge < -0.3 is 16.2 Å². The van der Waals surface area contributed by atoms with E-state index in [1.165, 1.54) is 0 Å². The summed E-state index contributed by atoms with van der Waals surface area (Å²) in [5.41, 5.74) is 11.2. The minimum atomic E-state index is -0.810. The van der Waals surface area contributed by atoms with Gasteiger partial charge in [0.05, 0.1) is 0 Å². The van der Waals surface area contributed by atoms with E-state index >= 15 is 0 Å². The fourth-order valence-corrected chi connectivity index (χ4v) is 0.810. The summed E-state index contributed by atoms with van der Waals surface area (Å²) in [6.07, 6.45) is -0.810. The molecule has 0 aliphatic heterocycles. The molecule has 0 heterocycles. The number of amides is 1. The summed E-state index contributed by atoms with van der Waals surface area (Å²) in [6, 6.07) is 6.84. The van der Waals surface area contributed by atoms with Crippen LogP contribution in [0.1, 0.15) is 5.56 Å². The third-order valence-corrected chi connectivity index (χ3v) is 1.38. The molecule has 0 aliphatic carbocycles. The minimum Gasteiger partial charge on any atom is -0.411 e. The lowest BCUT2D eigenvalue weighted by molar-refractivity contribution is 0.211. The van der Waals surface area contributed by atoms with E-state index in [2.05, 4.69) is 4.74 Å². The molecule has 1 aromatic rings. The summed E-state index contributed by atoms with van der Waals surface area (Å²) in [5, 5.41) is 0. The molecular weight excluding hydrogens is 156 g/mol. The second-order valence-electron chi connectivity index (χ2n) is 2.27. The second-order valence-corrected chi connectivity index (χ2v) is 2.27. The van der Waals surface area contributed by atoms with E-state index in [9.17, 15) is 4.79 Å². The molecule has 0 fully saturated rings. The Hall–Kier alpha value is -1.55. The number of carbonyl (C=O) groups excluding carboxylic acids is 1. The summed E-state index contributed by atoms with van der Waals surface area (Å²) >= 11 is 0. The van der Waals surface area contributed by atoms with Crippen LogP contribution in [0.2, 0.25) is 0 Å². The van der Waals surface area contributed by atoms with Gasteiger partial charge in [-0.15, -0.1) is 0 Å². The Morgan fingerprint density at radius 1 is 1.33 bits per heavy atom. The molecule has 0 unspecified atom stereocenters. The number of hydrogen-bond acceptors (Lipinski definition) is 3. The van der Waals surface area contributed by atoms with E-state index in [0.717, 1.165) is 5.56 Å². The van der Waals surface area contributed by atoms with Gasteiger partial charge in [0, 0.05) is 6.54 Å². The first kappa shape index (κ1) is 8.55. The highest BCUT2D eigenvalue weighted by atomic mass is 16.5. The van der Waals surface area contributed by atoms with Gasteiger partial charge >= 0.3 is 6.09 Å². The predicted molar refractivity (Wildman–Crippen MR) is 44.5 cm³/mol. The van der Waals surface area contributed by atoms with E-state index in [0.29, 0.717) is 12.3 Å². The van der Waals surface area contributed by atoms with E-state index in [-0.39, 0.29) is 0 Å². The molecule has 0 aliphatic rings. The van der Waals surface area contributed by atoms with Crippen molar-refractivity contribution in [3.05, 3.63) is 29.8 Å². The van der Waals surface area contributed by atoms with E-state index in [1.807, 2.05) is 0 Å². The molecule has 0 atom stereocenters. The molecule has 0 aromatic heterocycles. The van der Waals surface area contributed by atoms with Crippen LogP contribution in [-0.2, 0) is 6.54 Å². The first-order chi connectivity index (χ1) is 5.72. The van der Waals surface area contributed by atoms with Crippen LogP contribution in [0, 0.1) is 0 Å². The van der Waals surface area contributed by atoms with Crippen molar-refractivity contribution in [1.29, 1.82) is 0 Å². The van der Waals surface area contributed by atoms with Crippen molar-refractivity contribution in [1.82, 2.24) is 0 Å². The number of benzene rings is 1. The average Bonchev–Trinajstić information content (AvgIpc) is 2.05. The molecule has 0 radical (unpaired) electrons. The van der Waals surface area contributed by atoms with Gasteiger partial charge in [-0.2, -0.15) is 0 Å². The summed E-state index contributed by atoms with van der Waals surface area (Å²) in [7, 11) is 0. The number of rotatable bonds is 2. The van der Waals surface area contributed by atoms with Crippen molar-refractivity contribution in [2.45, 2.75) is 6.54 Å². The smallest absolute Gasteiger partial charge is 0.409 e. The Bertz CT molecular complexity index is 269. The Morgan fingerprint density at radius 3 is 2.33 bits per heavy atom. The molecular formula is C8H10N2O2. The van der Waals surface area contributed by atoms with Crippen LogP contribution in [0.3, 0.4) is 0 Å². The van der Waals surface area contributed by atoms with E-state index in [1.54, 1.807) is 24.3 Å². The van der Waals surface area contributed by atoms with Crippen molar-refractivity contribution >= 4 is 6.09 Å². The molecule has 0 saturated heterocycles. The molecule has 64 valence electrons. The maximum absolute atomic E-state index is 10.3. The van der Waals surface area contributed by atoms with Crippen LogP contribution in [0.4, 0.5) is 4.79 Å². The number of carbonyl (C=O) groups is 1. The fraction of sp³-hybridized carbons (Fsp3) is 0.125. The second kappa shape index (κ2) is 3.73. The molecule has 4 heteroatoms. The Kier molecular flexibility index (Phi) is 2.66. The first-order valence-corrected chi connectivity index (χ1v) is 3.48. The molecule has 1 amide bonds. The lowest BCUT2D eigenvalue weighted by atomic mass is 10.2. The molecule has 0 spiro atoms. The highest BCUT2D eigenvalue weighted by Gasteiger charge is 1.96. The van der Waals surface area contributed by atoms with Gasteiger partial charge in [0.25, 0.3) is 0 Å². The van der Waals surface area contributed by atoms with Gasteiger partial charge in [-0.25, -0.2) is 4.79 Å². The normalized spacial score (nSPS) is 9.42. The van der Waals surface area contributed by atoms with Crippen LogP contribution in [-0.4, -0.2) is 6.09 Å². The highest BCUT2D eigenvalue weighted by molar-refractivity contribution is 5.67. The molecule has 1 rings (SSSR count). The Morgan fingerprint density at radius 2 is 1.92 bits per heavy atom. The fourth-order valence-electron chi connectivity index (χ4n) is 0.810. The molecule has 12 heavy (non-hydrogen) atoms. The zero-order valence-corrected chi connectivity index (χ0v) is 6.49. The molecule has 0 saturated carbocycles. The van der Waals surface area contributed by atoms with Crippen molar-refractivity contribution < 1.29 is 9.53 Å². The lowest BCUT2D eigenvalue weighted by Gasteiger charge is -2.00. The molecule has 1 aromatic carbocycles. The van der Waals surface area contributed by atoms with Gasteiger partial charge in [0.1, 0.15) is 5.75 Å². The van der Waals surface area contributed by atoms with Gasteiger partial charge in [-0.3, -0.25) is 0 Å². The van der Waals surface area contributed by atoms with Crippen molar-refractivity contribution in [2.24, 2.45) is 11.5 Å². The summed E-state index contributed by atoms with van der Waals surface area (Å²) in [5.74, 6) is 0.430. The molecule has 4 N–H and O–H groups in total. The van der Waals surface area contributed by atoms with Crippen LogP contribution in [0.25, 0.3) is 0 Å². The minimum absolute atomic E-state index is 0.430. The van der Waals surface area contributed by atoms with Crippen LogP contribution in [0.15, 0.2) is 24.3 Å². The Labute approximate surface area is 70.1 Å². The quantitative estimate of drug-likeness (QED) is 0.675. The largest absolute Gasteiger partial charge is 0.411 e. The summed E-state index contributed by atoms with van der Waals surface area (Å²) in [4.78, 5) is 10.3. The number of hydrogen-bond donors (Lipinski definition) is 2. The topological polar surface area (TPSA) is 78.3 Å². The average molecular weight is 166 g/mol. The number of ether oxygens (including phenoxy) is 1. The Balaban J connectivity index is 2.71. The van der Waals surface area contributed by atoms with Gasteiger partial charge in [0.15, 0.2) is 0 Å². The third kappa shape index (κ3) is 2.25. The zero-order valence-electron chi connectivity index (χ0n) is 6.49. The maximum atomic E-state index is 10.3. The van der Waals surface area contributed by atoms with Crippen LogP contribution < -0.4 is 16.2 Å². The monoisotopic (exact) mass is 166 g/mol. The van der Waals surface area contributed by atoms with Gasteiger partial charge in [-0.05, 0) is 17.7 Å². The standard InChI is InChI=1S/C8H10N2O2/c9-5-6-1-3-7(4-2-6)12-8(10)11/h1-4H,5,9H2,(H2,10,11). The summed E-state index contributed by atoms with van der Waals surface area (Å²) in [6.45, 7) is 0.469. The van der Waals surface area contributed by atoms with E-state index < -0.39 is 6.09 Å². The van der Waals surface area contributed by atoms with Crippen molar-refractivity contribution in [2.75, 3.05) is 0 Å².